The third kappa shape index (κ3) is 32.6. The summed E-state index contributed by atoms with van der Waals surface area (Å²) in [4.78, 5) is 0. The van der Waals surface area contributed by atoms with Gasteiger partial charge in [-0.3, -0.25) is 0 Å². The summed E-state index contributed by atoms with van der Waals surface area (Å²) in [6, 6.07) is 9.49. The van der Waals surface area contributed by atoms with Crippen molar-refractivity contribution in [3.8, 4) is 0 Å². The zero-order chi connectivity index (χ0) is 12.3. The zero-order valence-electron chi connectivity index (χ0n) is 10.4. The van der Waals surface area contributed by atoms with Crippen molar-refractivity contribution in [2.24, 2.45) is 0 Å². The molecule has 0 saturated heterocycles. The van der Waals surface area contributed by atoms with Crippen LogP contribution in [0.1, 0.15) is 27.7 Å². The Labute approximate surface area is 94.3 Å². The third-order valence-corrected chi connectivity index (χ3v) is 0.800. The fourth-order valence-corrected chi connectivity index (χ4v) is 0.453. The van der Waals surface area contributed by atoms with Gasteiger partial charge in [0.25, 0.3) is 0 Å². The van der Waals surface area contributed by atoms with Crippen LogP contribution in [-0.2, 0) is 0 Å². The van der Waals surface area contributed by atoms with Crippen LogP contribution in [0.25, 0.3) is 0 Å². The average molecular weight is 205 g/mol. The molecule has 0 heterocycles. The van der Waals surface area contributed by atoms with Crippen molar-refractivity contribution in [2.75, 3.05) is 5.73 Å². The van der Waals surface area contributed by atoms with Crippen molar-refractivity contribution >= 4 is 5.69 Å². The number of rotatable bonds is 0. The molecule has 1 heteroatoms. The number of anilines is 1. The first-order valence-corrected chi connectivity index (χ1v) is 4.91. The van der Waals surface area contributed by atoms with Crippen LogP contribution >= 0.6 is 0 Å². The molecule has 0 aromatic heterocycles. The highest BCUT2D eigenvalue weighted by Gasteiger charge is 1.72. The molecule has 0 saturated carbocycles. The number of hydrogen-bond donors (Lipinski definition) is 1. The van der Waals surface area contributed by atoms with Gasteiger partial charge in [0.1, 0.15) is 0 Å². The molecule has 0 fully saturated rings. The molecule has 0 aliphatic heterocycles. The second kappa shape index (κ2) is 10.6. The third-order valence-electron chi connectivity index (χ3n) is 0.800. The maximum Gasteiger partial charge on any atom is 0.0313 e. The van der Waals surface area contributed by atoms with Gasteiger partial charge >= 0.3 is 0 Å². The molecule has 1 aromatic rings. The molecule has 0 aliphatic rings. The van der Waals surface area contributed by atoms with Crippen LogP contribution in [-0.4, -0.2) is 0 Å². The number of para-hydroxylation sites is 1. The van der Waals surface area contributed by atoms with Crippen LogP contribution in [0.5, 0.6) is 0 Å². The van der Waals surface area contributed by atoms with Crippen molar-refractivity contribution in [3.05, 3.63) is 54.6 Å². The highest BCUT2D eigenvalue weighted by molar-refractivity contribution is 5.35. The lowest BCUT2D eigenvalue weighted by atomic mass is 10.3. The van der Waals surface area contributed by atoms with Crippen LogP contribution in [0.3, 0.4) is 0 Å². The van der Waals surface area contributed by atoms with Gasteiger partial charge in [-0.1, -0.05) is 29.3 Å². The molecule has 84 valence electrons. The van der Waals surface area contributed by atoms with Gasteiger partial charge in [0.05, 0.1) is 0 Å². The van der Waals surface area contributed by atoms with Gasteiger partial charge in [-0.05, 0) is 39.8 Å². The second-order valence-corrected chi connectivity index (χ2v) is 3.82. The first-order chi connectivity index (χ1) is 6.86. The summed E-state index contributed by atoms with van der Waals surface area (Å²) >= 11 is 0. The van der Waals surface area contributed by atoms with Gasteiger partial charge in [0.15, 0.2) is 0 Å². The van der Waals surface area contributed by atoms with Gasteiger partial charge in [-0.25, -0.2) is 0 Å². The van der Waals surface area contributed by atoms with Crippen molar-refractivity contribution < 1.29 is 0 Å². The lowest BCUT2D eigenvalue weighted by molar-refractivity contribution is 1.42. The van der Waals surface area contributed by atoms with E-state index < -0.39 is 0 Å². The van der Waals surface area contributed by atoms with Crippen molar-refractivity contribution in [1.82, 2.24) is 0 Å². The number of nitrogens with two attached hydrogens (primary N) is 1. The minimum atomic E-state index is 0.822. The molecule has 0 unspecified atom stereocenters. The lowest BCUT2D eigenvalue weighted by Crippen LogP contribution is -1.79. The smallest absolute Gasteiger partial charge is 0.0313 e. The van der Waals surface area contributed by atoms with Gasteiger partial charge in [0, 0.05) is 5.69 Å². The van der Waals surface area contributed by atoms with Gasteiger partial charge < -0.3 is 5.73 Å². The van der Waals surface area contributed by atoms with Gasteiger partial charge in [0.2, 0.25) is 0 Å². The number of nitrogen functional groups attached to an aromatic ring is 1. The monoisotopic (exact) mass is 205 g/mol. The fourth-order valence-electron chi connectivity index (χ4n) is 0.453. The van der Waals surface area contributed by atoms with E-state index >= 15 is 0 Å². The van der Waals surface area contributed by atoms with Crippen molar-refractivity contribution in [1.29, 1.82) is 0 Å². The summed E-state index contributed by atoms with van der Waals surface area (Å²) in [6.07, 6.45) is 0. The fraction of sp³-hybridized carbons (Fsp3) is 0.286. The van der Waals surface area contributed by atoms with E-state index in [4.69, 9.17) is 5.73 Å². The van der Waals surface area contributed by atoms with E-state index in [1.165, 1.54) is 11.1 Å². The van der Waals surface area contributed by atoms with Crippen LogP contribution in [0.4, 0.5) is 5.69 Å². The maximum atomic E-state index is 5.36. The predicted molar refractivity (Wildman–Crippen MR) is 71.8 cm³/mol. The normalized spacial score (nSPS) is 7.47. The highest BCUT2D eigenvalue weighted by atomic mass is 14.5. The van der Waals surface area contributed by atoms with Crippen molar-refractivity contribution in [2.45, 2.75) is 27.7 Å². The lowest BCUT2D eigenvalue weighted by Gasteiger charge is -1.83. The summed E-state index contributed by atoms with van der Waals surface area (Å²) in [7, 11) is 0. The molecular weight excluding hydrogens is 182 g/mol. The van der Waals surface area contributed by atoms with Crippen molar-refractivity contribution in [3.63, 3.8) is 0 Å². The van der Waals surface area contributed by atoms with E-state index in [1.54, 1.807) is 0 Å². The maximum absolute atomic E-state index is 5.36. The Hall–Kier alpha value is -1.50. The van der Waals surface area contributed by atoms with E-state index in [2.05, 4.69) is 13.2 Å². The van der Waals surface area contributed by atoms with Crippen LogP contribution < -0.4 is 5.73 Å². The first kappa shape index (κ1) is 15.9. The Morgan fingerprint density at radius 2 is 1.13 bits per heavy atom. The molecule has 1 nitrogen and oxygen atoms in total. The first-order valence-electron chi connectivity index (χ1n) is 4.91. The predicted octanol–water partition coefficient (Wildman–Crippen LogP) is 4.43. The van der Waals surface area contributed by atoms with E-state index in [9.17, 15) is 0 Å². The Kier molecular flexibility index (Phi) is 11.2. The number of hydrogen-bond acceptors (Lipinski definition) is 1. The minimum Gasteiger partial charge on any atom is -0.399 e. The van der Waals surface area contributed by atoms with E-state index in [-0.39, 0.29) is 0 Å². The second-order valence-electron chi connectivity index (χ2n) is 3.82. The Morgan fingerprint density at radius 1 is 0.867 bits per heavy atom. The molecule has 0 amide bonds. The summed E-state index contributed by atoms with van der Waals surface area (Å²) < 4.78 is 0. The molecule has 0 atom stereocenters. The molecular formula is C14H23N. The average Bonchev–Trinajstić information content (AvgIpc) is 2.03. The summed E-state index contributed by atoms with van der Waals surface area (Å²) in [5, 5.41) is 0. The van der Waals surface area contributed by atoms with Crippen LogP contribution in [0, 0.1) is 0 Å². The van der Waals surface area contributed by atoms with Gasteiger partial charge in [-0.2, -0.15) is 0 Å². The minimum absolute atomic E-state index is 0.822. The Morgan fingerprint density at radius 3 is 1.27 bits per heavy atom. The zero-order valence-corrected chi connectivity index (χ0v) is 10.4. The summed E-state index contributed by atoms with van der Waals surface area (Å²) in [6.45, 7) is 15.0. The summed E-state index contributed by atoms with van der Waals surface area (Å²) in [5.74, 6) is 0. The van der Waals surface area contributed by atoms with E-state index in [1.807, 2.05) is 58.0 Å². The molecule has 0 aliphatic carbocycles. The molecule has 1 aromatic carbocycles. The molecule has 0 spiro atoms. The standard InChI is InChI=1S/C6H7N.2C4H8/c7-6-4-2-1-3-5-6;2*1-4(2)3/h1-5H,7H2;2*1H2,2-3H3. The topological polar surface area (TPSA) is 26.0 Å². The van der Waals surface area contributed by atoms with Crippen LogP contribution in [0.2, 0.25) is 0 Å². The SMILES string of the molecule is C=C(C)C.C=C(C)C.Nc1ccccc1. The number of benzene rings is 1. The van der Waals surface area contributed by atoms with E-state index in [0.29, 0.717) is 0 Å². The molecule has 0 bridgehead atoms. The van der Waals surface area contributed by atoms with E-state index in [0.717, 1.165) is 5.69 Å². The summed E-state index contributed by atoms with van der Waals surface area (Å²) in [5.41, 5.74) is 8.51. The van der Waals surface area contributed by atoms with Crippen LogP contribution in [0.15, 0.2) is 54.6 Å². The van der Waals surface area contributed by atoms with Gasteiger partial charge in [-0.15, -0.1) is 13.2 Å². The molecule has 1 rings (SSSR count). The quantitative estimate of drug-likeness (QED) is 0.492. The highest BCUT2D eigenvalue weighted by Crippen LogP contribution is 1.95. The molecule has 15 heavy (non-hydrogen) atoms. The Balaban J connectivity index is 0. The number of allylic oxidation sites excluding steroid dienone is 2. The molecule has 2 N–H and O–H groups in total. The molecule has 0 radical (unpaired) electrons. The largest absolute Gasteiger partial charge is 0.399 e. The Bertz CT molecular complexity index is 253.